The Morgan fingerprint density at radius 1 is 1.26 bits per heavy atom. The zero-order valence-electron chi connectivity index (χ0n) is 9.96. The van der Waals surface area contributed by atoms with E-state index < -0.39 is 15.8 Å². The maximum absolute atomic E-state index is 13.0. The molecule has 0 saturated heterocycles. The number of nitrogens with one attached hydrogen (secondary N) is 1. The Hall–Kier alpha value is -2.15. The Morgan fingerprint density at radius 3 is 2.63 bits per heavy atom. The van der Waals surface area contributed by atoms with Gasteiger partial charge in [-0.1, -0.05) is 6.07 Å². The van der Waals surface area contributed by atoms with Crippen LogP contribution in [0.15, 0.2) is 41.6 Å². The first-order valence-electron chi connectivity index (χ1n) is 5.31. The molecule has 0 amide bonds. The number of aryl methyl sites for hydroxylation is 1. The molecule has 5 nitrogen and oxygen atoms in total. The SMILES string of the molecule is Cc1ccc(NS(=O)(=O)c2cncc(F)c2)c(O)c1. The average molecular weight is 282 g/mol. The van der Waals surface area contributed by atoms with E-state index in [2.05, 4.69) is 9.71 Å². The molecule has 1 heterocycles. The van der Waals surface area contributed by atoms with Crippen LogP contribution in [0.2, 0.25) is 0 Å². The average Bonchev–Trinajstić information content (AvgIpc) is 2.33. The molecule has 0 spiro atoms. The molecule has 0 fully saturated rings. The lowest BCUT2D eigenvalue weighted by atomic mass is 10.2. The number of anilines is 1. The van der Waals surface area contributed by atoms with E-state index in [1.54, 1.807) is 13.0 Å². The second kappa shape index (κ2) is 4.85. The predicted octanol–water partition coefficient (Wildman–Crippen LogP) is 2.04. The first-order valence-corrected chi connectivity index (χ1v) is 6.80. The highest BCUT2D eigenvalue weighted by atomic mass is 32.2. The summed E-state index contributed by atoms with van der Waals surface area (Å²) in [5, 5.41) is 9.64. The summed E-state index contributed by atoms with van der Waals surface area (Å²) < 4.78 is 39.1. The molecule has 0 saturated carbocycles. The number of sulfonamides is 1. The van der Waals surface area contributed by atoms with Crippen molar-refractivity contribution in [3.63, 3.8) is 0 Å². The van der Waals surface area contributed by atoms with Crippen molar-refractivity contribution in [1.82, 2.24) is 4.98 Å². The lowest BCUT2D eigenvalue weighted by Gasteiger charge is -2.09. The molecule has 2 N–H and O–H groups in total. The van der Waals surface area contributed by atoms with Crippen molar-refractivity contribution in [3.05, 3.63) is 48.0 Å². The zero-order valence-corrected chi connectivity index (χ0v) is 10.8. The molecular weight excluding hydrogens is 271 g/mol. The monoisotopic (exact) mass is 282 g/mol. The van der Waals surface area contributed by atoms with Crippen LogP contribution in [0.5, 0.6) is 5.75 Å². The Labute approximate surface area is 109 Å². The number of benzene rings is 1. The number of pyridine rings is 1. The Morgan fingerprint density at radius 2 is 2.00 bits per heavy atom. The molecule has 2 rings (SSSR count). The van der Waals surface area contributed by atoms with Crippen molar-refractivity contribution in [3.8, 4) is 5.75 Å². The number of aromatic hydroxyl groups is 1. The summed E-state index contributed by atoms with van der Waals surface area (Å²) in [6.07, 6.45) is 1.93. The normalized spacial score (nSPS) is 11.3. The van der Waals surface area contributed by atoms with E-state index in [1.807, 2.05) is 0 Å². The number of nitrogens with zero attached hydrogens (tertiary/aromatic N) is 1. The van der Waals surface area contributed by atoms with Gasteiger partial charge in [-0.25, -0.2) is 12.8 Å². The molecule has 7 heteroatoms. The molecule has 0 aliphatic carbocycles. The second-order valence-electron chi connectivity index (χ2n) is 3.96. The maximum atomic E-state index is 13.0. The van der Waals surface area contributed by atoms with Gasteiger partial charge in [-0.3, -0.25) is 9.71 Å². The van der Waals surface area contributed by atoms with Gasteiger partial charge in [0, 0.05) is 6.20 Å². The Bertz CT molecular complexity index is 717. The first-order chi connectivity index (χ1) is 8.88. The van der Waals surface area contributed by atoms with Crippen LogP contribution in [0.4, 0.5) is 10.1 Å². The predicted molar refractivity (Wildman–Crippen MR) is 67.8 cm³/mol. The fourth-order valence-electron chi connectivity index (χ4n) is 1.47. The number of rotatable bonds is 3. The van der Waals surface area contributed by atoms with Crippen LogP contribution in [0.1, 0.15) is 5.56 Å². The fourth-order valence-corrected chi connectivity index (χ4v) is 2.52. The molecule has 0 atom stereocenters. The highest BCUT2D eigenvalue weighted by Gasteiger charge is 2.17. The number of hydrogen-bond donors (Lipinski definition) is 2. The van der Waals surface area contributed by atoms with Gasteiger partial charge in [0.1, 0.15) is 16.5 Å². The highest BCUT2D eigenvalue weighted by Crippen LogP contribution is 2.26. The van der Waals surface area contributed by atoms with Crippen LogP contribution >= 0.6 is 0 Å². The van der Waals surface area contributed by atoms with Crippen LogP contribution < -0.4 is 4.72 Å². The molecule has 0 bridgehead atoms. The molecule has 2 aromatic rings. The summed E-state index contributed by atoms with van der Waals surface area (Å²) in [4.78, 5) is 3.16. The third-order valence-corrected chi connectivity index (χ3v) is 3.72. The molecule has 100 valence electrons. The molecule has 0 radical (unpaired) electrons. The fraction of sp³-hybridized carbons (Fsp3) is 0.0833. The van der Waals surface area contributed by atoms with E-state index in [9.17, 15) is 17.9 Å². The van der Waals surface area contributed by atoms with Gasteiger partial charge in [-0.05, 0) is 30.7 Å². The van der Waals surface area contributed by atoms with Gasteiger partial charge < -0.3 is 5.11 Å². The summed E-state index contributed by atoms with van der Waals surface area (Å²) in [7, 11) is -3.98. The molecule has 0 aliphatic rings. The van der Waals surface area contributed by atoms with Crippen molar-refractivity contribution in [2.75, 3.05) is 4.72 Å². The summed E-state index contributed by atoms with van der Waals surface area (Å²) in [6, 6.07) is 5.33. The number of halogens is 1. The van der Waals surface area contributed by atoms with Crippen LogP contribution in [0.25, 0.3) is 0 Å². The Balaban J connectivity index is 2.36. The van der Waals surface area contributed by atoms with E-state index in [-0.39, 0.29) is 16.3 Å². The van der Waals surface area contributed by atoms with Crippen molar-refractivity contribution in [2.45, 2.75) is 11.8 Å². The largest absolute Gasteiger partial charge is 0.506 e. The molecule has 1 aromatic carbocycles. The standard InChI is InChI=1S/C12H11FN2O3S/c1-8-2-3-11(12(16)4-8)15-19(17,18)10-5-9(13)6-14-7-10/h2-7,15-16H,1H3. The van der Waals surface area contributed by atoms with Gasteiger partial charge in [0.15, 0.2) is 0 Å². The minimum absolute atomic E-state index is 0.0230. The van der Waals surface area contributed by atoms with Gasteiger partial charge in [0.2, 0.25) is 0 Å². The molecule has 0 aliphatic heterocycles. The van der Waals surface area contributed by atoms with Crippen molar-refractivity contribution >= 4 is 15.7 Å². The first kappa shape index (κ1) is 13.3. The lowest BCUT2D eigenvalue weighted by Crippen LogP contribution is -2.13. The van der Waals surface area contributed by atoms with Gasteiger partial charge in [0.25, 0.3) is 10.0 Å². The van der Waals surface area contributed by atoms with Crippen molar-refractivity contribution < 1.29 is 17.9 Å². The quantitative estimate of drug-likeness (QED) is 0.844. The van der Waals surface area contributed by atoms with Gasteiger partial charge in [-0.2, -0.15) is 0 Å². The van der Waals surface area contributed by atoms with Gasteiger partial charge >= 0.3 is 0 Å². The highest BCUT2D eigenvalue weighted by molar-refractivity contribution is 7.92. The second-order valence-corrected chi connectivity index (χ2v) is 5.65. The van der Waals surface area contributed by atoms with Crippen LogP contribution in [-0.2, 0) is 10.0 Å². The third-order valence-electron chi connectivity index (χ3n) is 2.39. The van der Waals surface area contributed by atoms with E-state index in [1.165, 1.54) is 12.1 Å². The number of phenolic OH excluding ortho intramolecular Hbond substituents is 1. The van der Waals surface area contributed by atoms with Crippen LogP contribution in [0, 0.1) is 12.7 Å². The smallest absolute Gasteiger partial charge is 0.263 e. The van der Waals surface area contributed by atoms with E-state index in [0.29, 0.717) is 0 Å². The topological polar surface area (TPSA) is 79.3 Å². The Kier molecular flexibility index (Phi) is 3.39. The number of hydrogen-bond acceptors (Lipinski definition) is 4. The van der Waals surface area contributed by atoms with Crippen molar-refractivity contribution in [1.29, 1.82) is 0 Å². The summed E-state index contributed by atoms with van der Waals surface area (Å²) >= 11 is 0. The summed E-state index contributed by atoms with van der Waals surface area (Å²) in [6.45, 7) is 1.76. The molecule has 1 aromatic heterocycles. The van der Waals surface area contributed by atoms with Gasteiger partial charge in [-0.15, -0.1) is 0 Å². The van der Waals surface area contributed by atoms with E-state index in [4.69, 9.17) is 0 Å². The molecular formula is C12H11FN2O3S. The minimum atomic E-state index is -3.98. The molecule has 0 unspecified atom stereocenters. The maximum Gasteiger partial charge on any atom is 0.263 e. The summed E-state index contributed by atoms with van der Waals surface area (Å²) in [5.74, 6) is -0.955. The van der Waals surface area contributed by atoms with E-state index >= 15 is 0 Å². The third kappa shape index (κ3) is 3.00. The number of phenols is 1. The van der Waals surface area contributed by atoms with Crippen molar-refractivity contribution in [2.24, 2.45) is 0 Å². The zero-order chi connectivity index (χ0) is 14.0. The van der Waals surface area contributed by atoms with E-state index in [0.717, 1.165) is 24.0 Å². The van der Waals surface area contributed by atoms with Crippen LogP contribution in [0.3, 0.4) is 0 Å². The lowest BCUT2D eigenvalue weighted by molar-refractivity contribution is 0.477. The van der Waals surface area contributed by atoms with Gasteiger partial charge in [0.05, 0.1) is 11.9 Å². The molecule has 19 heavy (non-hydrogen) atoms. The van der Waals surface area contributed by atoms with Crippen LogP contribution in [-0.4, -0.2) is 18.5 Å². The summed E-state index contributed by atoms with van der Waals surface area (Å²) in [5.41, 5.74) is 0.808. The number of aromatic nitrogens is 1. The minimum Gasteiger partial charge on any atom is -0.506 e.